The van der Waals surface area contributed by atoms with Gasteiger partial charge in [-0.25, -0.2) is 9.97 Å². The largest absolute Gasteiger partial charge is 0.310 e. The Morgan fingerprint density at radius 1 is 0.477 bits per heavy atom. The Bertz CT molecular complexity index is 2220. The molecule has 0 aliphatic heterocycles. The molecule has 2 heterocycles. The first-order valence-electron chi connectivity index (χ1n) is 14.8. The number of pyridine rings is 1. The number of rotatable bonds is 6. The molecule has 0 aliphatic carbocycles. The predicted octanol–water partition coefficient (Wildman–Crippen LogP) is 10.4. The fourth-order valence-corrected chi connectivity index (χ4v) is 5.96. The molecule has 208 valence electrons. The van der Waals surface area contributed by atoms with E-state index in [9.17, 15) is 0 Å². The lowest BCUT2D eigenvalue weighted by Crippen LogP contribution is -2.09. The van der Waals surface area contributed by atoms with E-state index in [1.165, 1.54) is 10.8 Å². The highest BCUT2D eigenvalue weighted by molar-refractivity contribution is 5.90. The Morgan fingerprint density at radius 2 is 1.14 bits per heavy atom. The number of fused-ring (bicyclic) bond motifs is 2. The van der Waals surface area contributed by atoms with Crippen molar-refractivity contribution >= 4 is 39.0 Å². The fourth-order valence-electron chi connectivity index (χ4n) is 5.96. The number of benzene rings is 6. The lowest BCUT2D eigenvalue weighted by atomic mass is 10.0. The minimum absolute atomic E-state index is 0.831. The van der Waals surface area contributed by atoms with Gasteiger partial charge in [0.05, 0.1) is 5.69 Å². The second-order valence-electron chi connectivity index (χ2n) is 10.7. The molecule has 8 aromatic rings. The van der Waals surface area contributed by atoms with Gasteiger partial charge in [0.15, 0.2) is 5.65 Å². The highest BCUT2D eigenvalue weighted by Gasteiger charge is 2.19. The second-order valence-corrected chi connectivity index (χ2v) is 10.7. The van der Waals surface area contributed by atoms with E-state index in [-0.39, 0.29) is 0 Å². The maximum atomic E-state index is 5.11. The van der Waals surface area contributed by atoms with Gasteiger partial charge in [-0.1, -0.05) is 97.1 Å². The van der Waals surface area contributed by atoms with E-state index in [4.69, 9.17) is 9.97 Å². The lowest BCUT2D eigenvalue weighted by molar-refractivity contribution is 1.08. The van der Waals surface area contributed by atoms with Gasteiger partial charge in [-0.3, -0.25) is 4.57 Å². The number of imidazole rings is 1. The molecule has 0 aliphatic rings. The van der Waals surface area contributed by atoms with Crippen molar-refractivity contribution in [1.82, 2.24) is 14.5 Å². The number of para-hydroxylation sites is 2. The minimum atomic E-state index is 0.831. The highest BCUT2D eigenvalue weighted by Crippen LogP contribution is 2.38. The lowest BCUT2D eigenvalue weighted by Gasteiger charge is -2.26. The third-order valence-electron chi connectivity index (χ3n) is 8.04. The van der Waals surface area contributed by atoms with Gasteiger partial charge in [0.25, 0.3) is 0 Å². The number of anilines is 3. The normalized spacial score (nSPS) is 11.2. The summed E-state index contributed by atoms with van der Waals surface area (Å²) in [5.74, 6) is 0.852. The van der Waals surface area contributed by atoms with Crippen LogP contribution in [0.4, 0.5) is 17.1 Å². The molecule has 0 N–H and O–H groups in total. The summed E-state index contributed by atoms with van der Waals surface area (Å²) in [6.45, 7) is 0. The molecule has 44 heavy (non-hydrogen) atoms. The van der Waals surface area contributed by atoms with Crippen molar-refractivity contribution < 1.29 is 0 Å². The van der Waals surface area contributed by atoms with Gasteiger partial charge < -0.3 is 4.90 Å². The maximum Gasteiger partial charge on any atom is 0.164 e. The van der Waals surface area contributed by atoms with Crippen molar-refractivity contribution in [2.45, 2.75) is 0 Å². The van der Waals surface area contributed by atoms with Crippen LogP contribution in [-0.2, 0) is 0 Å². The van der Waals surface area contributed by atoms with Gasteiger partial charge in [0.2, 0.25) is 0 Å². The highest BCUT2D eigenvalue weighted by atomic mass is 15.1. The first kappa shape index (κ1) is 25.7. The van der Waals surface area contributed by atoms with Gasteiger partial charge >= 0.3 is 0 Å². The Morgan fingerprint density at radius 3 is 1.95 bits per heavy atom. The minimum Gasteiger partial charge on any atom is -0.310 e. The molecule has 0 amide bonds. The van der Waals surface area contributed by atoms with Crippen LogP contribution in [-0.4, -0.2) is 14.5 Å². The summed E-state index contributed by atoms with van der Waals surface area (Å²) in [5.41, 5.74) is 9.30. The summed E-state index contributed by atoms with van der Waals surface area (Å²) in [6, 6.07) is 57.2. The van der Waals surface area contributed by atoms with E-state index in [1.807, 2.05) is 24.4 Å². The fraction of sp³-hybridized carbons (Fsp3) is 0. The summed E-state index contributed by atoms with van der Waals surface area (Å²) in [4.78, 5) is 12.2. The van der Waals surface area contributed by atoms with Gasteiger partial charge in [-0.15, -0.1) is 0 Å². The van der Waals surface area contributed by atoms with Crippen LogP contribution in [0.1, 0.15) is 0 Å². The van der Waals surface area contributed by atoms with Crippen LogP contribution >= 0.6 is 0 Å². The monoisotopic (exact) mass is 564 g/mol. The molecule has 8 rings (SSSR count). The smallest absolute Gasteiger partial charge is 0.164 e. The average Bonchev–Trinajstić information content (AvgIpc) is 3.49. The Labute approximate surface area is 256 Å². The van der Waals surface area contributed by atoms with Crippen LogP contribution in [0.15, 0.2) is 170 Å². The predicted molar refractivity (Wildman–Crippen MR) is 182 cm³/mol. The van der Waals surface area contributed by atoms with Crippen molar-refractivity contribution in [1.29, 1.82) is 0 Å². The van der Waals surface area contributed by atoms with E-state index < -0.39 is 0 Å². The van der Waals surface area contributed by atoms with Crippen molar-refractivity contribution in [3.05, 3.63) is 170 Å². The molecule has 0 spiro atoms. The standard InChI is InChI=1S/C40H28N4/c1-3-13-30(14-4-1)36-18-9-10-20-38(36)44-39(42-37-19-11-27-41-40(37)44)31-22-24-34(25-23-31)43(33-16-5-2-6-17-33)35-26-21-29-12-7-8-15-32(29)28-35/h1-28H. The maximum absolute atomic E-state index is 5.11. The van der Waals surface area contributed by atoms with Crippen LogP contribution in [0.5, 0.6) is 0 Å². The molecule has 4 heteroatoms. The van der Waals surface area contributed by atoms with E-state index in [2.05, 4.69) is 155 Å². The zero-order valence-electron chi connectivity index (χ0n) is 24.0. The Kier molecular flexibility index (Phi) is 6.43. The van der Waals surface area contributed by atoms with Crippen LogP contribution in [0.3, 0.4) is 0 Å². The van der Waals surface area contributed by atoms with Gasteiger partial charge in [-0.05, 0) is 83.1 Å². The third kappa shape index (κ3) is 4.59. The number of nitrogens with zero attached hydrogens (tertiary/aromatic N) is 4. The zero-order chi connectivity index (χ0) is 29.3. The van der Waals surface area contributed by atoms with Crippen molar-refractivity contribution in [3.63, 3.8) is 0 Å². The molecule has 4 nitrogen and oxygen atoms in total. The first-order chi connectivity index (χ1) is 21.8. The molecule has 0 unspecified atom stereocenters. The van der Waals surface area contributed by atoms with E-state index in [1.54, 1.807) is 0 Å². The van der Waals surface area contributed by atoms with Crippen LogP contribution in [0, 0.1) is 0 Å². The molecule has 6 aromatic carbocycles. The Hall–Kier alpha value is -6.00. The van der Waals surface area contributed by atoms with Crippen LogP contribution in [0.2, 0.25) is 0 Å². The van der Waals surface area contributed by atoms with E-state index in [0.29, 0.717) is 0 Å². The van der Waals surface area contributed by atoms with E-state index in [0.717, 1.165) is 56.4 Å². The molecule has 0 fully saturated rings. The van der Waals surface area contributed by atoms with Gasteiger partial charge in [0, 0.05) is 34.4 Å². The zero-order valence-corrected chi connectivity index (χ0v) is 24.0. The summed E-state index contributed by atoms with van der Waals surface area (Å²) in [7, 11) is 0. The Balaban J connectivity index is 1.27. The molecular weight excluding hydrogens is 536 g/mol. The molecular formula is C40H28N4. The van der Waals surface area contributed by atoms with Crippen LogP contribution < -0.4 is 4.90 Å². The summed E-state index contributed by atoms with van der Waals surface area (Å²) >= 11 is 0. The third-order valence-corrected chi connectivity index (χ3v) is 8.04. The van der Waals surface area contributed by atoms with Crippen molar-refractivity contribution in [3.8, 4) is 28.2 Å². The first-order valence-corrected chi connectivity index (χ1v) is 14.8. The molecule has 0 atom stereocenters. The second kappa shape index (κ2) is 11.0. The quantitative estimate of drug-likeness (QED) is 0.201. The van der Waals surface area contributed by atoms with Crippen molar-refractivity contribution in [2.75, 3.05) is 4.90 Å². The topological polar surface area (TPSA) is 34.0 Å². The van der Waals surface area contributed by atoms with E-state index >= 15 is 0 Å². The molecule has 0 radical (unpaired) electrons. The number of hydrogen-bond donors (Lipinski definition) is 0. The molecule has 0 saturated heterocycles. The number of hydrogen-bond acceptors (Lipinski definition) is 3. The molecule has 0 saturated carbocycles. The summed E-state index contributed by atoms with van der Waals surface area (Å²) in [5, 5.41) is 2.43. The molecule has 2 aromatic heterocycles. The van der Waals surface area contributed by atoms with Crippen molar-refractivity contribution in [2.24, 2.45) is 0 Å². The SMILES string of the molecule is c1ccc(-c2ccccc2-n2c(-c3ccc(N(c4ccccc4)c4ccc5ccccc5c4)cc3)nc3cccnc32)cc1. The summed E-state index contributed by atoms with van der Waals surface area (Å²) in [6.07, 6.45) is 1.83. The van der Waals surface area contributed by atoms with Gasteiger partial charge in [-0.2, -0.15) is 0 Å². The van der Waals surface area contributed by atoms with Gasteiger partial charge in [0.1, 0.15) is 11.3 Å². The average molecular weight is 565 g/mol. The van der Waals surface area contributed by atoms with Crippen LogP contribution in [0.25, 0.3) is 50.1 Å². The number of aromatic nitrogens is 3. The molecule has 0 bridgehead atoms. The summed E-state index contributed by atoms with van der Waals surface area (Å²) < 4.78 is 2.19.